The summed E-state index contributed by atoms with van der Waals surface area (Å²) in [6.07, 6.45) is 0.328. The molecule has 1 fully saturated rings. The Balaban J connectivity index is 0.00000363. The summed E-state index contributed by atoms with van der Waals surface area (Å²) in [5.41, 5.74) is 2.88. The second-order valence-electron chi connectivity index (χ2n) is 7.43. The summed E-state index contributed by atoms with van der Waals surface area (Å²) in [7, 11) is 3.44. The minimum absolute atomic E-state index is 0. The lowest BCUT2D eigenvalue weighted by Crippen LogP contribution is -2.52. The first kappa shape index (κ1) is 26.1. The van der Waals surface area contributed by atoms with Crippen LogP contribution in [0.5, 0.6) is 5.75 Å². The fourth-order valence-corrected chi connectivity index (χ4v) is 3.81. The summed E-state index contributed by atoms with van der Waals surface area (Å²) in [6.45, 7) is 5.98. The van der Waals surface area contributed by atoms with Gasteiger partial charge in [-0.05, 0) is 48.9 Å². The Kier molecular flexibility index (Phi) is 10.4. The highest BCUT2D eigenvalue weighted by Crippen LogP contribution is 2.23. The Morgan fingerprint density at radius 1 is 1.12 bits per heavy atom. The fourth-order valence-electron chi connectivity index (χ4n) is 3.52. The van der Waals surface area contributed by atoms with E-state index in [2.05, 4.69) is 37.6 Å². The first-order valence-corrected chi connectivity index (χ1v) is 10.8. The molecule has 2 aromatic rings. The van der Waals surface area contributed by atoms with Crippen LogP contribution in [0.4, 0.5) is 11.4 Å². The first-order chi connectivity index (χ1) is 15.0. The lowest BCUT2D eigenvalue weighted by Gasteiger charge is -2.37. The number of rotatable bonds is 6. The zero-order valence-electron chi connectivity index (χ0n) is 18.7. The molecule has 0 aliphatic carbocycles. The number of piperazine rings is 1. The fraction of sp³-hybridized carbons (Fsp3) is 0.391. The molecule has 174 valence electrons. The van der Waals surface area contributed by atoms with E-state index in [1.165, 1.54) is 5.69 Å². The summed E-state index contributed by atoms with van der Waals surface area (Å²) in [6, 6.07) is 13.7. The molecule has 7 nitrogen and oxygen atoms in total. The highest BCUT2D eigenvalue weighted by Gasteiger charge is 2.20. The van der Waals surface area contributed by atoms with Crippen LogP contribution in [0.25, 0.3) is 0 Å². The van der Waals surface area contributed by atoms with Crippen LogP contribution in [0.3, 0.4) is 0 Å². The van der Waals surface area contributed by atoms with E-state index in [9.17, 15) is 4.79 Å². The minimum atomic E-state index is -0.0852. The number of carbonyl (C=O) groups excluding carboxylic acids is 1. The Bertz CT molecular complexity index is 915. The van der Waals surface area contributed by atoms with E-state index >= 15 is 0 Å². The molecule has 32 heavy (non-hydrogen) atoms. The van der Waals surface area contributed by atoms with Crippen molar-refractivity contribution in [2.24, 2.45) is 4.99 Å². The molecule has 1 saturated heterocycles. The summed E-state index contributed by atoms with van der Waals surface area (Å²) >= 11 is 6.19. The molecular weight excluding hydrogens is 541 g/mol. The average molecular weight is 572 g/mol. The topological polar surface area (TPSA) is 69.2 Å². The van der Waals surface area contributed by atoms with Gasteiger partial charge in [-0.2, -0.15) is 0 Å². The van der Waals surface area contributed by atoms with Crippen molar-refractivity contribution in [3.05, 3.63) is 53.1 Å². The van der Waals surface area contributed by atoms with Gasteiger partial charge in [0.1, 0.15) is 5.75 Å². The van der Waals surface area contributed by atoms with Gasteiger partial charge in [-0.25, -0.2) is 0 Å². The third-order valence-electron chi connectivity index (χ3n) is 5.26. The number of aryl methyl sites for hydroxylation is 1. The van der Waals surface area contributed by atoms with Gasteiger partial charge in [0.15, 0.2) is 5.96 Å². The summed E-state index contributed by atoms with van der Waals surface area (Å²) < 4.78 is 5.23. The number of carbonyl (C=O) groups is 1. The SMILES string of the molecule is CN=C(NCCC(=O)Nc1ccc(C)cc1Cl)N1CCN(c2ccc(OC)cc2)CC1.I. The number of nitrogens with zero attached hydrogens (tertiary/aromatic N) is 3. The molecular formula is C23H31ClIN5O2. The second kappa shape index (κ2) is 12.7. The lowest BCUT2D eigenvalue weighted by atomic mass is 10.2. The number of hydrogen-bond donors (Lipinski definition) is 2. The van der Waals surface area contributed by atoms with Gasteiger partial charge in [0.05, 0.1) is 17.8 Å². The Morgan fingerprint density at radius 3 is 2.41 bits per heavy atom. The van der Waals surface area contributed by atoms with Gasteiger partial charge >= 0.3 is 0 Å². The average Bonchev–Trinajstić information content (AvgIpc) is 2.79. The van der Waals surface area contributed by atoms with E-state index in [0.29, 0.717) is 23.7 Å². The van der Waals surface area contributed by atoms with Gasteiger partial charge in [-0.15, -0.1) is 24.0 Å². The number of nitrogens with one attached hydrogen (secondary N) is 2. The number of hydrogen-bond acceptors (Lipinski definition) is 4. The van der Waals surface area contributed by atoms with Crippen LogP contribution in [0.15, 0.2) is 47.5 Å². The van der Waals surface area contributed by atoms with Gasteiger partial charge in [-0.3, -0.25) is 9.79 Å². The molecule has 0 unspecified atom stereocenters. The van der Waals surface area contributed by atoms with Crippen LogP contribution >= 0.6 is 35.6 Å². The molecule has 9 heteroatoms. The third-order valence-corrected chi connectivity index (χ3v) is 5.58. The predicted octanol–water partition coefficient (Wildman–Crippen LogP) is 4.00. The monoisotopic (exact) mass is 571 g/mol. The number of ether oxygens (including phenoxy) is 1. The maximum atomic E-state index is 12.3. The Labute approximate surface area is 212 Å². The lowest BCUT2D eigenvalue weighted by molar-refractivity contribution is -0.116. The van der Waals surface area contributed by atoms with Crippen molar-refractivity contribution in [1.82, 2.24) is 10.2 Å². The third kappa shape index (κ3) is 7.16. The molecule has 1 aliphatic rings. The van der Waals surface area contributed by atoms with Crippen LogP contribution in [-0.4, -0.2) is 63.6 Å². The van der Waals surface area contributed by atoms with E-state index in [0.717, 1.165) is 43.5 Å². The molecule has 0 radical (unpaired) electrons. The van der Waals surface area contributed by atoms with Crippen LogP contribution in [-0.2, 0) is 4.79 Å². The summed E-state index contributed by atoms with van der Waals surface area (Å²) in [4.78, 5) is 21.2. The molecule has 0 bridgehead atoms. The van der Waals surface area contributed by atoms with Crippen molar-refractivity contribution in [2.75, 3.05) is 57.1 Å². The number of guanidine groups is 1. The summed E-state index contributed by atoms with van der Waals surface area (Å²) in [5.74, 6) is 1.59. The maximum Gasteiger partial charge on any atom is 0.226 e. The molecule has 0 atom stereocenters. The normalized spacial score (nSPS) is 13.9. The molecule has 0 aromatic heterocycles. The van der Waals surface area contributed by atoms with Crippen molar-refractivity contribution < 1.29 is 9.53 Å². The van der Waals surface area contributed by atoms with Crippen molar-refractivity contribution in [3.63, 3.8) is 0 Å². The summed E-state index contributed by atoms with van der Waals surface area (Å²) in [5, 5.41) is 6.71. The van der Waals surface area contributed by atoms with Crippen molar-refractivity contribution >= 4 is 58.8 Å². The molecule has 0 spiro atoms. The van der Waals surface area contributed by atoms with Gasteiger partial charge in [-0.1, -0.05) is 17.7 Å². The van der Waals surface area contributed by atoms with Gasteiger partial charge in [0.2, 0.25) is 5.91 Å². The number of methoxy groups -OCH3 is 1. The minimum Gasteiger partial charge on any atom is -0.497 e. The number of anilines is 2. The second-order valence-corrected chi connectivity index (χ2v) is 7.83. The predicted molar refractivity (Wildman–Crippen MR) is 143 cm³/mol. The molecule has 2 aromatic carbocycles. The van der Waals surface area contributed by atoms with Crippen LogP contribution in [0, 0.1) is 6.92 Å². The maximum absolute atomic E-state index is 12.3. The van der Waals surface area contributed by atoms with E-state index in [4.69, 9.17) is 16.3 Å². The highest BCUT2D eigenvalue weighted by molar-refractivity contribution is 14.0. The molecule has 1 heterocycles. The van der Waals surface area contributed by atoms with Gasteiger partial charge in [0, 0.05) is 51.9 Å². The van der Waals surface area contributed by atoms with Gasteiger partial charge < -0.3 is 25.2 Å². The van der Waals surface area contributed by atoms with Crippen molar-refractivity contribution in [2.45, 2.75) is 13.3 Å². The first-order valence-electron chi connectivity index (χ1n) is 10.4. The largest absolute Gasteiger partial charge is 0.497 e. The van der Waals surface area contributed by atoms with Crippen molar-refractivity contribution in [1.29, 1.82) is 0 Å². The van der Waals surface area contributed by atoms with E-state index in [-0.39, 0.29) is 29.9 Å². The smallest absolute Gasteiger partial charge is 0.226 e. The van der Waals surface area contributed by atoms with Crippen molar-refractivity contribution in [3.8, 4) is 5.75 Å². The molecule has 3 rings (SSSR count). The quantitative estimate of drug-likeness (QED) is 0.312. The number of benzene rings is 2. The van der Waals surface area contributed by atoms with Crippen LogP contribution < -0.4 is 20.3 Å². The number of aliphatic imine (C=N–C) groups is 1. The molecule has 0 saturated carbocycles. The molecule has 1 aliphatic heterocycles. The molecule has 2 N–H and O–H groups in total. The van der Waals surface area contributed by atoms with Gasteiger partial charge in [0.25, 0.3) is 0 Å². The van der Waals surface area contributed by atoms with Crippen LogP contribution in [0.1, 0.15) is 12.0 Å². The Hall–Kier alpha value is -2.20. The number of halogens is 2. The highest BCUT2D eigenvalue weighted by atomic mass is 127. The van der Waals surface area contributed by atoms with E-state index in [1.54, 1.807) is 14.2 Å². The zero-order valence-corrected chi connectivity index (χ0v) is 21.8. The standard InChI is InChI=1S/C23H30ClN5O2.HI/c1-17-4-9-21(20(24)16-17)27-22(30)10-11-26-23(25-2)29-14-12-28(13-15-29)18-5-7-19(31-3)8-6-18;/h4-9,16H,10-15H2,1-3H3,(H,25,26)(H,27,30);1H. The number of amides is 1. The zero-order chi connectivity index (χ0) is 22.2. The van der Waals surface area contributed by atoms with E-state index in [1.807, 2.05) is 37.3 Å². The Morgan fingerprint density at radius 2 is 1.81 bits per heavy atom. The molecule has 1 amide bonds. The van der Waals surface area contributed by atoms with E-state index < -0.39 is 0 Å². The van der Waals surface area contributed by atoms with Crippen LogP contribution in [0.2, 0.25) is 5.02 Å².